The number of nitrogens with one attached hydrogen (secondary N) is 2. The van der Waals surface area contributed by atoms with Gasteiger partial charge in [0.25, 0.3) is 5.91 Å². The van der Waals surface area contributed by atoms with E-state index in [1.165, 1.54) is 12.1 Å². The normalized spacial score (nSPS) is 11.4. The second-order valence-corrected chi connectivity index (χ2v) is 9.99. The number of likely N-dealkylation sites (N-methyl/N-ethyl adjacent to an activating group) is 1. The van der Waals surface area contributed by atoms with E-state index in [2.05, 4.69) is 37.5 Å². The minimum Gasteiger partial charge on any atom is -0.350 e. The number of carbonyl (C=O) groups excluding carboxylic acids is 1. The molecule has 0 bridgehead atoms. The van der Waals surface area contributed by atoms with Gasteiger partial charge >= 0.3 is 6.18 Å². The molecule has 3 aromatic heterocycles. The average molecular weight is 572 g/mol. The second-order valence-electron chi connectivity index (χ2n) is 9.99. The fourth-order valence-electron chi connectivity index (χ4n) is 4.22. The van der Waals surface area contributed by atoms with Gasteiger partial charge < -0.3 is 15.5 Å². The van der Waals surface area contributed by atoms with Crippen LogP contribution in [0.5, 0.6) is 0 Å². The van der Waals surface area contributed by atoms with Crippen molar-refractivity contribution in [3.8, 4) is 11.8 Å². The smallest absolute Gasteiger partial charge is 0.350 e. The lowest BCUT2D eigenvalue weighted by Gasteiger charge is -2.10. The number of rotatable bonds is 7. The van der Waals surface area contributed by atoms with E-state index < -0.39 is 17.6 Å². The molecule has 2 aromatic carbocycles. The van der Waals surface area contributed by atoms with Crippen LogP contribution in [0.4, 0.5) is 30.2 Å². The number of anilines is 3. The Morgan fingerprint density at radius 2 is 1.86 bits per heavy atom. The zero-order valence-corrected chi connectivity index (χ0v) is 23.2. The molecule has 1 amide bonds. The largest absolute Gasteiger partial charge is 0.416 e. The molecule has 0 unspecified atom stereocenters. The zero-order chi connectivity index (χ0) is 29.9. The Bertz CT molecular complexity index is 1810. The Morgan fingerprint density at radius 3 is 2.64 bits per heavy atom. The first-order valence-corrected chi connectivity index (χ1v) is 13.1. The topological polar surface area (TPSA) is 79.5 Å². The van der Waals surface area contributed by atoms with E-state index in [0.717, 1.165) is 42.2 Å². The highest BCUT2D eigenvalue weighted by molar-refractivity contribution is 6.04. The molecule has 0 atom stereocenters. The predicted octanol–water partition coefficient (Wildman–Crippen LogP) is 5.82. The van der Waals surface area contributed by atoms with Crippen LogP contribution in [0.2, 0.25) is 0 Å². The standard InChI is InChI=1S/C31H28F3N7O/c1-21-9-10-23(30(42)38-25-7-4-6-24(17-25)31(32,33)34)16-22(21)11-12-27-19-35-29-28(8-5-13-41(27)29)37-26-18-36-40(20-26)15-14-39(2)3/h4-10,13,16-20,37H,14-15H2,1-3H3,(H,38,42). The molecule has 0 radical (unpaired) electrons. The van der Waals surface area contributed by atoms with Gasteiger partial charge in [0, 0.05) is 35.8 Å². The Morgan fingerprint density at radius 1 is 1.02 bits per heavy atom. The molecule has 0 aliphatic rings. The number of halogens is 3. The van der Waals surface area contributed by atoms with Crippen molar-refractivity contribution in [2.75, 3.05) is 31.3 Å². The number of amides is 1. The Hall–Kier alpha value is -5.08. The van der Waals surface area contributed by atoms with Crippen molar-refractivity contribution in [3.63, 3.8) is 0 Å². The highest BCUT2D eigenvalue weighted by Gasteiger charge is 2.30. The van der Waals surface area contributed by atoms with E-state index in [4.69, 9.17) is 0 Å². The summed E-state index contributed by atoms with van der Waals surface area (Å²) >= 11 is 0. The van der Waals surface area contributed by atoms with Gasteiger partial charge in [0.15, 0.2) is 5.65 Å². The molecule has 5 aromatic rings. The van der Waals surface area contributed by atoms with E-state index in [0.29, 0.717) is 16.9 Å². The molecular weight excluding hydrogens is 543 g/mol. The molecule has 5 rings (SSSR count). The number of aromatic nitrogens is 4. The maximum Gasteiger partial charge on any atom is 0.416 e. The Kier molecular flexibility index (Phi) is 7.99. The molecule has 42 heavy (non-hydrogen) atoms. The van der Waals surface area contributed by atoms with Gasteiger partial charge in [-0.25, -0.2) is 4.98 Å². The van der Waals surface area contributed by atoms with E-state index in [1.807, 2.05) is 54.6 Å². The van der Waals surface area contributed by atoms with E-state index in [9.17, 15) is 18.0 Å². The first kappa shape index (κ1) is 28.4. The Labute approximate surface area is 240 Å². The van der Waals surface area contributed by atoms with Crippen LogP contribution >= 0.6 is 0 Å². The highest BCUT2D eigenvalue weighted by atomic mass is 19.4. The molecule has 0 spiro atoms. The van der Waals surface area contributed by atoms with Crippen molar-refractivity contribution >= 4 is 28.6 Å². The summed E-state index contributed by atoms with van der Waals surface area (Å²) in [6.45, 7) is 3.52. The summed E-state index contributed by atoms with van der Waals surface area (Å²) in [6.07, 6.45) is 2.74. The lowest BCUT2D eigenvalue weighted by molar-refractivity contribution is -0.137. The number of aryl methyl sites for hydroxylation is 1. The molecule has 0 fully saturated rings. The van der Waals surface area contributed by atoms with Crippen LogP contribution in [0.25, 0.3) is 5.65 Å². The number of fused-ring (bicyclic) bond motifs is 1. The summed E-state index contributed by atoms with van der Waals surface area (Å²) in [5.41, 5.74) is 3.92. The monoisotopic (exact) mass is 571 g/mol. The maximum absolute atomic E-state index is 13.1. The Balaban J connectivity index is 1.34. The summed E-state index contributed by atoms with van der Waals surface area (Å²) in [7, 11) is 4.03. The van der Waals surface area contributed by atoms with Crippen molar-refractivity contribution in [1.29, 1.82) is 0 Å². The van der Waals surface area contributed by atoms with Crippen LogP contribution < -0.4 is 10.6 Å². The van der Waals surface area contributed by atoms with Crippen molar-refractivity contribution in [2.45, 2.75) is 19.6 Å². The van der Waals surface area contributed by atoms with Gasteiger partial charge in [-0.2, -0.15) is 18.3 Å². The fourth-order valence-corrected chi connectivity index (χ4v) is 4.22. The third-order valence-corrected chi connectivity index (χ3v) is 6.50. The van der Waals surface area contributed by atoms with Gasteiger partial charge in [0.2, 0.25) is 0 Å². The summed E-state index contributed by atoms with van der Waals surface area (Å²) in [5, 5.41) is 10.3. The van der Waals surface area contributed by atoms with Gasteiger partial charge in [0.05, 0.1) is 35.9 Å². The number of imidazole rings is 1. The van der Waals surface area contributed by atoms with Crippen LogP contribution in [0.1, 0.15) is 32.7 Å². The second kappa shape index (κ2) is 11.8. The predicted molar refractivity (Wildman–Crippen MR) is 156 cm³/mol. The number of alkyl halides is 3. The minimum absolute atomic E-state index is 0.0547. The number of carbonyl (C=O) groups is 1. The molecule has 2 N–H and O–H groups in total. The molecule has 214 valence electrons. The van der Waals surface area contributed by atoms with Crippen LogP contribution in [0.15, 0.2) is 79.4 Å². The first-order valence-electron chi connectivity index (χ1n) is 13.1. The minimum atomic E-state index is -4.50. The number of benzene rings is 2. The third kappa shape index (κ3) is 6.62. The lowest BCUT2D eigenvalue weighted by atomic mass is 10.0. The van der Waals surface area contributed by atoms with Crippen LogP contribution in [0.3, 0.4) is 0 Å². The SMILES string of the molecule is Cc1ccc(C(=O)Nc2cccc(C(F)(F)F)c2)cc1C#Cc1cnc2c(Nc3cnn(CCN(C)C)c3)cccn12. The van der Waals surface area contributed by atoms with Gasteiger partial charge in [-0.05, 0) is 75.0 Å². The van der Waals surface area contributed by atoms with Crippen LogP contribution in [0, 0.1) is 18.8 Å². The summed E-state index contributed by atoms with van der Waals surface area (Å²) in [5.74, 6) is 5.71. The van der Waals surface area contributed by atoms with Crippen LogP contribution in [-0.4, -0.2) is 50.6 Å². The van der Waals surface area contributed by atoms with Crippen LogP contribution in [-0.2, 0) is 12.7 Å². The molecular formula is C31H28F3N7O. The van der Waals surface area contributed by atoms with Crippen molar-refractivity contribution in [3.05, 3.63) is 107 Å². The molecule has 3 heterocycles. The quantitative estimate of drug-likeness (QED) is 0.241. The number of hydrogen-bond donors (Lipinski definition) is 2. The molecule has 0 aliphatic carbocycles. The average Bonchev–Trinajstić information content (AvgIpc) is 3.58. The van der Waals surface area contributed by atoms with Gasteiger partial charge in [-0.15, -0.1) is 0 Å². The lowest BCUT2D eigenvalue weighted by Crippen LogP contribution is -2.18. The number of nitrogens with zero attached hydrogens (tertiary/aromatic N) is 5. The summed E-state index contributed by atoms with van der Waals surface area (Å²) < 4.78 is 42.9. The molecule has 11 heteroatoms. The third-order valence-electron chi connectivity index (χ3n) is 6.50. The summed E-state index contributed by atoms with van der Waals surface area (Å²) in [4.78, 5) is 19.5. The molecule has 8 nitrogen and oxygen atoms in total. The fraction of sp³-hybridized carbons (Fsp3) is 0.194. The van der Waals surface area contributed by atoms with Crippen molar-refractivity contribution in [1.82, 2.24) is 24.1 Å². The number of pyridine rings is 1. The summed E-state index contributed by atoms with van der Waals surface area (Å²) in [6, 6.07) is 13.3. The highest BCUT2D eigenvalue weighted by Crippen LogP contribution is 2.31. The van der Waals surface area contributed by atoms with E-state index >= 15 is 0 Å². The van der Waals surface area contributed by atoms with Crippen molar-refractivity contribution < 1.29 is 18.0 Å². The molecule has 0 saturated carbocycles. The van der Waals surface area contributed by atoms with E-state index in [1.54, 1.807) is 30.6 Å². The molecule has 0 aliphatic heterocycles. The zero-order valence-electron chi connectivity index (χ0n) is 23.2. The number of hydrogen-bond acceptors (Lipinski definition) is 5. The molecule has 0 saturated heterocycles. The van der Waals surface area contributed by atoms with Gasteiger partial charge in [-0.3, -0.25) is 13.9 Å². The van der Waals surface area contributed by atoms with Gasteiger partial charge in [0.1, 0.15) is 5.69 Å². The van der Waals surface area contributed by atoms with E-state index in [-0.39, 0.29) is 11.3 Å². The maximum atomic E-state index is 13.1. The first-order chi connectivity index (χ1) is 20.1. The van der Waals surface area contributed by atoms with Gasteiger partial charge in [-0.1, -0.05) is 18.1 Å². The van der Waals surface area contributed by atoms with Crippen molar-refractivity contribution in [2.24, 2.45) is 0 Å².